The molecule has 0 radical (unpaired) electrons. The summed E-state index contributed by atoms with van der Waals surface area (Å²) in [6.45, 7) is 0. The van der Waals surface area contributed by atoms with Gasteiger partial charge in [0.2, 0.25) is 0 Å². The van der Waals surface area contributed by atoms with Crippen LogP contribution < -0.4 is 4.74 Å². The highest BCUT2D eigenvalue weighted by molar-refractivity contribution is 6.11. The fourth-order valence-electron chi connectivity index (χ4n) is 2.97. The van der Waals surface area contributed by atoms with Crippen LogP contribution in [0.5, 0.6) is 11.5 Å². The molecular weight excluding hydrogens is 354 g/mol. The molecule has 3 aromatic rings. The Hall–Kier alpha value is -3.60. The van der Waals surface area contributed by atoms with Crippen molar-refractivity contribution < 1.29 is 19.4 Å². The number of hydrogen-bond donors (Lipinski definition) is 1. The third-order valence-electron chi connectivity index (χ3n) is 4.39. The van der Waals surface area contributed by atoms with Gasteiger partial charge in [-0.05, 0) is 42.0 Å². The van der Waals surface area contributed by atoms with Gasteiger partial charge in [0.15, 0.2) is 23.1 Å². The number of hydrogen-bond acceptors (Lipinski definition) is 4. The lowest BCUT2D eigenvalue weighted by atomic mass is 10.1. The van der Waals surface area contributed by atoms with E-state index < -0.39 is 0 Å². The van der Waals surface area contributed by atoms with Gasteiger partial charge in [-0.15, -0.1) is 0 Å². The van der Waals surface area contributed by atoms with Crippen molar-refractivity contribution in [2.45, 2.75) is 6.42 Å². The fraction of sp³-hybridized carbons (Fsp3) is 0.130. The minimum absolute atomic E-state index is 0.0275. The Morgan fingerprint density at radius 1 is 1.07 bits per heavy atom. The van der Waals surface area contributed by atoms with Crippen LogP contribution in [0.1, 0.15) is 17.5 Å². The molecule has 0 amide bonds. The summed E-state index contributed by atoms with van der Waals surface area (Å²) in [4.78, 5) is 24.2. The van der Waals surface area contributed by atoms with E-state index in [0.29, 0.717) is 11.3 Å². The van der Waals surface area contributed by atoms with E-state index in [2.05, 4.69) is 0 Å². The quantitative estimate of drug-likeness (QED) is 0.498. The molecule has 142 valence electrons. The number of carbonyl (C=O) groups is 2. The number of nitrogens with zero attached hydrogens (tertiary/aromatic N) is 1. The maximum absolute atomic E-state index is 12.1. The molecule has 2 aromatic carbocycles. The number of methoxy groups -OCH3 is 1. The minimum Gasteiger partial charge on any atom is -0.504 e. The largest absolute Gasteiger partial charge is 0.504 e. The van der Waals surface area contributed by atoms with Gasteiger partial charge < -0.3 is 14.4 Å². The topological polar surface area (TPSA) is 68.5 Å². The van der Waals surface area contributed by atoms with Crippen molar-refractivity contribution in [1.29, 1.82) is 0 Å². The van der Waals surface area contributed by atoms with E-state index in [1.807, 2.05) is 42.1 Å². The second-order valence-electron chi connectivity index (χ2n) is 6.42. The Morgan fingerprint density at radius 3 is 2.54 bits per heavy atom. The lowest BCUT2D eigenvalue weighted by Crippen LogP contribution is -2.01. The molecular formula is C23H21NO4. The third-order valence-corrected chi connectivity index (χ3v) is 4.39. The zero-order chi connectivity index (χ0) is 20.1. The van der Waals surface area contributed by atoms with Crippen LogP contribution in [-0.4, -0.2) is 28.3 Å². The summed E-state index contributed by atoms with van der Waals surface area (Å²) in [6, 6.07) is 12.7. The maximum Gasteiger partial charge on any atom is 0.163 e. The van der Waals surface area contributed by atoms with Crippen molar-refractivity contribution in [2.24, 2.45) is 7.05 Å². The van der Waals surface area contributed by atoms with E-state index in [1.165, 1.54) is 25.3 Å². The lowest BCUT2D eigenvalue weighted by Gasteiger charge is -2.03. The van der Waals surface area contributed by atoms with Crippen molar-refractivity contribution in [1.82, 2.24) is 4.57 Å². The van der Waals surface area contributed by atoms with E-state index in [1.54, 1.807) is 24.3 Å². The monoisotopic (exact) mass is 375 g/mol. The van der Waals surface area contributed by atoms with Gasteiger partial charge in [-0.3, -0.25) is 9.59 Å². The van der Waals surface area contributed by atoms with Crippen molar-refractivity contribution in [3.8, 4) is 11.5 Å². The molecule has 1 N–H and O–H groups in total. The Labute approximate surface area is 163 Å². The van der Waals surface area contributed by atoms with Crippen LogP contribution in [0.25, 0.3) is 23.1 Å². The predicted molar refractivity (Wildman–Crippen MR) is 110 cm³/mol. The number of ketones is 2. The van der Waals surface area contributed by atoms with Crippen LogP contribution in [0.15, 0.2) is 60.8 Å². The molecule has 0 saturated carbocycles. The first-order valence-corrected chi connectivity index (χ1v) is 8.81. The first-order valence-electron chi connectivity index (χ1n) is 8.81. The highest BCUT2D eigenvalue weighted by atomic mass is 16.5. The van der Waals surface area contributed by atoms with Crippen LogP contribution in [0.4, 0.5) is 0 Å². The Morgan fingerprint density at radius 2 is 1.79 bits per heavy atom. The predicted octanol–water partition coefficient (Wildman–Crippen LogP) is 4.15. The van der Waals surface area contributed by atoms with Crippen LogP contribution in [0, 0.1) is 0 Å². The van der Waals surface area contributed by atoms with E-state index >= 15 is 0 Å². The van der Waals surface area contributed by atoms with Crippen molar-refractivity contribution in [3.05, 3.63) is 71.9 Å². The molecule has 1 heterocycles. The van der Waals surface area contributed by atoms with Crippen molar-refractivity contribution in [3.63, 3.8) is 0 Å². The number of phenolic OH excluding ortho intramolecular Hbond substituents is 1. The van der Waals surface area contributed by atoms with Crippen LogP contribution in [0.3, 0.4) is 0 Å². The van der Waals surface area contributed by atoms with Crippen LogP contribution in [0.2, 0.25) is 0 Å². The zero-order valence-electron chi connectivity index (χ0n) is 15.8. The Bertz CT molecular complexity index is 1090. The van der Waals surface area contributed by atoms with Gasteiger partial charge >= 0.3 is 0 Å². The number of ether oxygens (including phenoxy) is 1. The first-order chi connectivity index (χ1) is 13.5. The van der Waals surface area contributed by atoms with E-state index in [4.69, 9.17) is 4.74 Å². The summed E-state index contributed by atoms with van der Waals surface area (Å²) in [5.41, 5.74) is 2.71. The number of para-hydroxylation sites is 1. The lowest BCUT2D eigenvalue weighted by molar-refractivity contribution is -0.121. The first kappa shape index (κ1) is 19.2. The summed E-state index contributed by atoms with van der Waals surface area (Å²) >= 11 is 0. The molecule has 0 unspecified atom stereocenters. The maximum atomic E-state index is 12.1. The fourth-order valence-corrected chi connectivity index (χ4v) is 2.97. The van der Waals surface area contributed by atoms with Gasteiger partial charge in [0, 0.05) is 29.7 Å². The number of carbonyl (C=O) groups excluding carboxylic acids is 2. The van der Waals surface area contributed by atoms with Gasteiger partial charge in [-0.25, -0.2) is 0 Å². The number of phenols is 1. The third kappa shape index (κ3) is 4.38. The standard InChI is InChI=1S/C23H21NO4/c1-24-15-17(20-5-3-4-6-21(20)24)9-11-19(26)14-18(25)10-7-16-8-12-22(27)23(13-16)28-2/h3-13,15,27H,14H2,1-2H3/b10-7+,11-9+. The molecule has 3 rings (SSSR count). The summed E-state index contributed by atoms with van der Waals surface area (Å²) < 4.78 is 7.03. The van der Waals surface area contributed by atoms with E-state index in [0.717, 1.165) is 16.5 Å². The molecule has 0 aliphatic heterocycles. The molecule has 5 heteroatoms. The summed E-state index contributed by atoms with van der Waals surface area (Å²) in [6.07, 6.45) is 7.88. The molecule has 1 aromatic heterocycles. The van der Waals surface area contributed by atoms with Crippen LogP contribution in [-0.2, 0) is 16.6 Å². The van der Waals surface area contributed by atoms with Crippen molar-refractivity contribution in [2.75, 3.05) is 7.11 Å². The van der Waals surface area contributed by atoms with E-state index in [9.17, 15) is 14.7 Å². The second-order valence-corrected chi connectivity index (χ2v) is 6.42. The summed E-state index contributed by atoms with van der Waals surface area (Å²) in [7, 11) is 3.41. The summed E-state index contributed by atoms with van der Waals surface area (Å²) in [5, 5.41) is 10.6. The molecule has 0 fully saturated rings. The molecule has 0 saturated heterocycles. The highest BCUT2D eigenvalue weighted by Crippen LogP contribution is 2.26. The van der Waals surface area contributed by atoms with Gasteiger partial charge in [-0.1, -0.05) is 30.3 Å². The molecule has 0 spiro atoms. The van der Waals surface area contributed by atoms with Gasteiger partial charge in [0.25, 0.3) is 0 Å². The SMILES string of the molecule is COc1cc(/C=C/C(=O)CC(=O)/C=C/c2cn(C)c3ccccc23)ccc1O. The average Bonchev–Trinajstić information content (AvgIpc) is 3.02. The van der Waals surface area contributed by atoms with Crippen LogP contribution >= 0.6 is 0 Å². The molecule has 0 atom stereocenters. The smallest absolute Gasteiger partial charge is 0.163 e. The number of aromatic hydroxyl groups is 1. The van der Waals surface area contributed by atoms with Gasteiger partial charge in [0.05, 0.1) is 13.5 Å². The summed E-state index contributed by atoms with van der Waals surface area (Å²) in [5.74, 6) is -0.200. The zero-order valence-corrected chi connectivity index (χ0v) is 15.8. The molecule has 0 aliphatic carbocycles. The average molecular weight is 375 g/mol. The number of rotatable bonds is 7. The number of fused-ring (bicyclic) bond motifs is 1. The number of benzene rings is 2. The Kier molecular flexibility index (Phi) is 5.75. The number of aryl methyl sites for hydroxylation is 1. The molecule has 0 bridgehead atoms. The van der Waals surface area contributed by atoms with Gasteiger partial charge in [0.1, 0.15) is 0 Å². The number of allylic oxidation sites excluding steroid dienone is 2. The molecule has 5 nitrogen and oxygen atoms in total. The second kappa shape index (κ2) is 8.39. The van der Waals surface area contributed by atoms with Crippen molar-refractivity contribution >= 4 is 34.6 Å². The Balaban J connectivity index is 1.64. The highest BCUT2D eigenvalue weighted by Gasteiger charge is 2.07. The van der Waals surface area contributed by atoms with E-state index in [-0.39, 0.29) is 23.7 Å². The normalized spacial score (nSPS) is 11.5. The van der Waals surface area contributed by atoms with Gasteiger partial charge in [-0.2, -0.15) is 0 Å². The molecule has 0 aliphatic rings. The molecule has 28 heavy (non-hydrogen) atoms. The number of aromatic nitrogens is 1. The minimum atomic E-state index is -0.292.